The van der Waals surface area contributed by atoms with Crippen LogP contribution in [0.15, 0.2) is 42.5 Å². The van der Waals surface area contributed by atoms with Crippen LogP contribution in [-0.4, -0.2) is 10.9 Å². The third-order valence-electron chi connectivity index (χ3n) is 2.83. The number of nitrogens with two attached hydrogens (primary N) is 1. The number of carbonyl (C=O) groups excluding carboxylic acids is 1. The Kier molecular flexibility index (Phi) is 4.13. The van der Waals surface area contributed by atoms with Gasteiger partial charge in [-0.2, -0.15) is 0 Å². The van der Waals surface area contributed by atoms with Gasteiger partial charge >= 0.3 is 0 Å². The van der Waals surface area contributed by atoms with Crippen molar-refractivity contribution in [2.75, 3.05) is 11.1 Å². The van der Waals surface area contributed by atoms with Gasteiger partial charge in [-0.05, 0) is 37.1 Å². The molecule has 0 aliphatic rings. The average Bonchev–Trinajstić information content (AvgIpc) is 2.38. The molecule has 0 bridgehead atoms. The lowest BCUT2D eigenvalue weighted by Crippen LogP contribution is -2.13. The van der Waals surface area contributed by atoms with Crippen molar-refractivity contribution in [1.29, 1.82) is 0 Å². The van der Waals surface area contributed by atoms with Crippen molar-refractivity contribution in [1.82, 2.24) is 4.98 Å². The van der Waals surface area contributed by atoms with Crippen molar-refractivity contribution >= 4 is 17.4 Å². The number of benzene rings is 1. The first-order chi connectivity index (χ1) is 9.15. The van der Waals surface area contributed by atoms with E-state index < -0.39 is 0 Å². The molecule has 0 fully saturated rings. The minimum Gasteiger partial charge on any atom is -0.399 e. The van der Waals surface area contributed by atoms with Crippen LogP contribution in [0.3, 0.4) is 0 Å². The van der Waals surface area contributed by atoms with Gasteiger partial charge in [-0.15, -0.1) is 0 Å². The van der Waals surface area contributed by atoms with E-state index in [1.54, 1.807) is 6.07 Å². The molecule has 1 amide bonds. The summed E-state index contributed by atoms with van der Waals surface area (Å²) < 4.78 is 0. The number of aromatic nitrogens is 1. The topological polar surface area (TPSA) is 68.0 Å². The molecule has 0 atom stereocenters. The summed E-state index contributed by atoms with van der Waals surface area (Å²) in [5, 5.41) is 2.78. The fraction of sp³-hybridized carbons (Fsp3) is 0.200. The lowest BCUT2D eigenvalue weighted by atomic mass is 10.1. The summed E-state index contributed by atoms with van der Waals surface area (Å²) in [7, 11) is 0. The number of anilines is 2. The molecule has 4 heteroatoms. The number of aryl methyl sites for hydroxylation is 2. The van der Waals surface area contributed by atoms with Crippen LogP contribution in [0.1, 0.15) is 17.7 Å². The second kappa shape index (κ2) is 6.00. The van der Waals surface area contributed by atoms with Crippen molar-refractivity contribution in [3.63, 3.8) is 0 Å². The van der Waals surface area contributed by atoms with E-state index in [9.17, 15) is 4.79 Å². The fourth-order valence-corrected chi connectivity index (χ4v) is 1.83. The number of rotatable bonds is 4. The van der Waals surface area contributed by atoms with Crippen LogP contribution in [0.4, 0.5) is 11.5 Å². The summed E-state index contributed by atoms with van der Waals surface area (Å²) >= 11 is 0. The summed E-state index contributed by atoms with van der Waals surface area (Å²) in [5.74, 6) is 0.535. The Morgan fingerprint density at radius 3 is 2.74 bits per heavy atom. The highest BCUT2D eigenvalue weighted by Crippen LogP contribution is 2.13. The van der Waals surface area contributed by atoms with Gasteiger partial charge in [0.15, 0.2) is 0 Å². The predicted molar refractivity (Wildman–Crippen MR) is 76.8 cm³/mol. The molecule has 0 radical (unpaired) electrons. The molecule has 0 saturated heterocycles. The van der Waals surface area contributed by atoms with E-state index in [-0.39, 0.29) is 5.91 Å². The highest BCUT2D eigenvalue weighted by Gasteiger charge is 2.05. The molecule has 0 aliphatic carbocycles. The SMILES string of the molecule is Cc1cccc(NC(=O)CCc2ccccc2N)n1. The molecular formula is C15H17N3O. The number of hydrogen-bond donors (Lipinski definition) is 2. The molecule has 2 rings (SSSR count). The van der Waals surface area contributed by atoms with Crippen molar-refractivity contribution < 1.29 is 4.79 Å². The zero-order chi connectivity index (χ0) is 13.7. The Morgan fingerprint density at radius 2 is 2.00 bits per heavy atom. The zero-order valence-corrected chi connectivity index (χ0v) is 10.9. The van der Waals surface area contributed by atoms with Crippen LogP contribution < -0.4 is 11.1 Å². The van der Waals surface area contributed by atoms with Crippen LogP contribution in [0.2, 0.25) is 0 Å². The van der Waals surface area contributed by atoms with Gasteiger partial charge in [-0.3, -0.25) is 4.79 Å². The Bertz CT molecular complexity index is 581. The largest absolute Gasteiger partial charge is 0.399 e. The molecule has 1 aromatic carbocycles. The molecule has 19 heavy (non-hydrogen) atoms. The summed E-state index contributed by atoms with van der Waals surface area (Å²) in [6, 6.07) is 13.1. The number of amides is 1. The summed E-state index contributed by atoms with van der Waals surface area (Å²) in [4.78, 5) is 16.0. The highest BCUT2D eigenvalue weighted by molar-refractivity contribution is 5.89. The molecule has 2 aromatic rings. The number of pyridine rings is 1. The molecule has 3 N–H and O–H groups in total. The van der Waals surface area contributed by atoms with Gasteiger partial charge in [0.2, 0.25) is 5.91 Å². The first-order valence-corrected chi connectivity index (χ1v) is 6.22. The van der Waals surface area contributed by atoms with E-state index in [4.69, 9.17) is 5.73 Å². The predicted octanol–water partition coefficient (Wildman–Crippen LogP) is 2.54. The number of nitrogen functional groups attached to an aromatic ring is 1. The molecular weight excluding hydrogens is 238 g/mol. The van der Waals surface area contributed by atoms with Crippen molar-refractivity contribution in [3.05, 3.63) is 53.7 Å². The Labute approximate surface area is 112 Å². The van der Waals surface area contributed by atoms with Gasteiger partial charge in [0.05, 0.1) is 0 Å². The second-order valence-corrected chi connectivity index (χ2v) is 4.41. The molecule has 1 heterocycles. The van der Waals surface area contributed by atoms with E-state index in [0.29, 0.717) is 18.7 Å². The number of nitrogens with zero attached hydrogens (tertiary/aromatic N) is 1. The van der Waals surface area contributed by atoms with Gasteiger partial charge < -0.3 is 11.1 Å². The first kappa shape index (κ1) is 13.1. The molecule has 1 aromatic heterocycles. The zero-order valence-electron chi connectivity index (χ0n) is 10.9. The first-order valence-electron chi connectivity index (χ1n) is 6.22. The van der Waals surface area contributed by atoms with E-state index >= 15 is 0 Å². The molecule has 4 nitrogen and oxygen atoms in total. The third kappa shape index (κ3) is 3.81. The normalized spacial score (nSPS) is 10.2. The van der Waals surface area contributed by atoms with Gasteiger partial charge in [-0.25, -0.2) is 4.98 Å². The van der Waals surface area contributed by atoms with Crippen molar-refractivity contribution in [3.8, 4) is 0 Å². The molecule has 0 spiro atoms. The number of para-hydroxylation sites is 1. The van der Waals surface area contributed by atoms with Crippen LogP contribution in [0.5, 0.6) is 0 Å². The van der Waals surface area contributed by atoms with Crippen molar-refractivity contribution in [2.24, 2.45) is 0 Å². The summed E-state index contributed by atoms with van der Waals surface area (Å²) in [5.41, 5.74) is 8.44. The van der Waals surface area contributed by atoms with E-state index in [2.05, 4.69) is 10.3 Å². The molecule has 0 aliphatic heterocycles. The molecule has 98 valence electrons. The average molecular weight is 255 g/mol. The van der Waals surface area contributed by atoms with Gasteiger partial charge in [0.1, 0.15) is 5.82 Å². The van der Waals surface area contributed by atoms with Gasteiger partial charge in [-0.1, -0.05) is 24.3 Å². The maximum Gasteiger partial charge on any atom is 0.225 e. The van der Waals surface area contributed by atoms with E-state index in [1.165, 1.54) is 0 Å². The second-order valence-electron chi connectivity index (χ2n) is 4.41. The van der Waals surface area contributed by atoms with E-state index in [0.717, 1.165) is 16.9 Å². The van der Waals surface area contributed by atoms with E-state index in [1.807, 2.05) is 43.3 Å². The number of carbonyl (C=O) groups is 1. The Morgan fingerprint density at radius 1 is 1.21 bits per heavy atom. The van der Waals surface area contributed by atoms with Crippen LogP contribution in [-0.2, 0) is 11.2 Å². The summed E-state index contributed by atoms with van der Waals surface area (Å²) in [6.45, 7) is 1.89. The Balaban J connectivity index is 1.90. The van der Waals surface area contributed by atoms with Gasteiger partial charge in [0, 0.05) is 17.8 Å². The van der Waals surface area contributed by atoms with Crippen LogP contribution >= 0.6 is 0 Å². The van der Waals surface area contributed by atoms with Crippen LogP contribution in [0, 0.1) is 6.92 Å². The molecule has 0 saturated carbocycles. The van der Waals surface area contributed by atoms with Crippen LogP contribution in [0.25, 0.3) is 0 Å². The quantitative estimate of drug-likeness (QED) is 0.825. The fourth-order valence-electron chi connectivity index (χ4n) is 1.83. The lowest BCUT2D eigenvalue weighted by molar-refractivity contribution is -0.116. The van der Waals surface area contributed by atoms with Crippen molar-refractivity contribution in [2.45, 2.75) is 19.8 Å². The number of hydrogen-bond acceptors (Lipinski definition) is 3. The standard InChI is InChI=1S/C15H17N3O/c1-11-5-4-8-14(17-11)18-15(19)10-9-12-6-2-3-7-13(12)16/h2-8H,9-10,16H2,1H3,(H,17,18,19). The lowest BCUT2D eigenvalue weighted by Gasteiger charge is -2.06. The third-order valence-corrected chi connectivity index (χ3v) is 2.83. The maximum atomic E-state index is 11.8. The molecule has 0 unspecified atom stereocenters. The minimum absolute atomic E-state index is 0.0543. The smallest absolute Gasteiger partial charge is 0.225 e. The monoisotopic (exact) mass is 255 g/mol. The Hall–Kier alpha value is -2.36. The number of nitrogens with one attached hydrogen (secondary N) is 1. The minimum atomic E-state index is -0.0543. The summed E-state index contributed by atoms with van der Waals surface area (Å²) in [6.07, 6.45) is 1.02. The highest BCUT2D eigenvalue weighted by atomic mass is 16.1. The maximum absolute atomic E-state index is 11.8. The van der Waals surface area contributed by atoms with Gasteiger partial charge in [0.25, 0.3) is 0 Å².